The van der Waals surface area contributed by atoms with Gasteiger partial charge >= 0.3 is 0 Å². The summed E-state index contributed by atoms with van der Waals surface area (Å²) in [5.41, 5.74) is 7.62. The molecule has 110 valence electrons. The Morgan fingerprint density at radius 2 is 1.90 bits per heavy atom. The Morgan fingerprint density at radius 3 is 2.65 bits per heavy atom. The van der Waals surface area contributed by atoms with E-state index < -0.39 is 0 Å². The number of benzene rings is 1. The molecule has 2 aromatic rings. The molecule has 0 aliphatic heterocycles. The van der Waals surface area contributed by atoms with E-state index in [1.54, 1.807) is 12.1 Å². The number of halogens is 2. The smallest absolute Gasteiger partial charge is 0.201 e. The van der Waals surface area contributed by atoms with Gasteiger partial charge in [-0.15, -0.1) is 0 Å². The lowest BCUT2D eigenvalue weighted by molar-refractivity contribution is 0.126. The highest BCUT2D eigenvalue weighted by atomic mass is 35.5. The van der Waals surface area contributed by atoms with Crippen molar-refractivity contribution in [1.82, 2.24) is 9.55 Å². The predicted molar refractivity (Wildman–Crippen MR) is 84.5 cm³/mol. The first-order chi connectivity index (χ1) is 9.63. The Labute approximate surface area is 128 Å². The zero-order chi connectivity index (χ0) is 14.5. The third-order valence-electron chi connectivity index (χ3n) is 3.13. The van der Waals surface area contributed by atoms with Crippen molar-refractivity contribution in [1.29, 1.82) is 0 Å². The van der Waals surface area contributed by atoms with E-state index in [1.807, 2.05) is 4.57 Å². The summed E-state index contributed by atoms with van der Waals surface area (Å²) in [6, 6.07) is 3.55. The van der Waals surface area contributed by atoms with Crippen LogP contribution >= 0.6 is 23.2 Å². The number of hydrogen-bond acceptors (Lipinski definition) is 3. The summed E-state index contributed by atoms with van der Waals surface area (Å²) in [7, 11) is 0. The molecule has 0 saturated carbocycles. The molecule has 1 aromatic heterocycles. The molecule has 4 nitrogen and oxygen atoms in total. The maximum atomic E-state index is 6.05. The fourth-order valence-corrected chi connectivity index (χ4v) is 2.36. The highest BCUT2D eigenvalue weighted by Crippen LogP contribution is 2.29. The lowest BCUT2D eigenvalue weighted by Gasteiger charge is -2.07. The van der Waals surface area contributed by atoms with Crippen LogP contribution in [0, 0.1) is 0 Å². The van der Waals surface area contributed by atoms with Gasteiger partial charge in [-0.05, 0) is 25.0 Å². The normalized spacial score (nSPS) is 11.3. The second kappa shape index (κ2) is 7.16. The van der Waals surface area contributed by atoms with Gasteiger partial charge < -0.3 is 15.0 Å². The van der Waals surface area contributed by atoms with Crippen LogP contribution in [0.25, 0.3) is 11.0 Å². The molecular weight excluding hydrogens is 297 g/mol. The Hall–Kier alpha value is -0.970. The summed E-state index contributed by atoms with van der Waals surface area (Å²) in [5, 5.41) is 1.01. The lowest BCUT2D eigenvalue weighted by atomic mass is 10.3. The van der Waals surface area contributed by atoms with Gasteiger partial charge in [-0.3, -0.25) is 0 Å². The van der Waals surface area contributed by atoms with Gasteiger partial charge in [0.1, 0.15) is 0 Å². The summed E-state index contributed by atoms with van der Waals surface area (Å²) in [4.78, 5) is 4.30. The van der Waals surface area contributed by atoms with Gasteiger partial charge in [-0.25, -0.2) is 4.98 Å². The average molecular weight is 316 g/mol. The SMILES string of the molecule is CCCCOCCCn1c(N)nc2cc(Cl)c(Cl)cc21. The molecule has 20 heavy (non-hydrogen) atoms. The van der Waals surface area contributed by atoms with Crippen LogP contribution in [-0.4, -0.2) is 22.8 Å². The number of imidazole rings is 1. The molecule has 0 amide bonds. The van der Waals surface area contributed by atoms with Gasteiger partial charge in [0.15, 0.2) is 0 Å². The molecule has 6 heteroatoms. The Bertz CT molecular complexity index is 583. The highest BCUT2D eigenvalue weighted by molar-refractivity contribution is 6.42. The van der Waals surface area contributed by atoms with Gasteiger partial charge in [-0.1, -0.05) is 36.5 Å². The molecule has 1 heterocycles. The monoisotopic (exact) mass is 315 g/mol. The zero-order valence-corrected chi connectivity index (χ0v) is 13.0. The molecule has 0 spiro atoms. The largest absolute Gasteiger partial charge is 0.381 e. The number of aromatic nitrogens is 2. The standard InChI is InChI=1S/C14H19Cl2N3O/c1-2-3-6-20-7-4-5-19-13-9-11(16)10(15)8-12(13)18-14(19)17/h8-9H,2-7H2,1H3,(H2,17,18). The lowest BCUT2D eigenvalue weighted by Crippen LogP contribution is -2.06. The van der Waals surface area contributed by atoms with Crippen LogP contribution in [0.5, 0.6) is 0 Å². The fourth-order valence-electron chi connectivity index (χ4n) is 2.05. The number of hydrogen-bond donors (Lipinski definition) is 1. The third kappa shape index (κ3) is 3.57. The maximum absolute atomic E-state index is 6.05. The van der Waals surface area contributed by atoms with Crippen molar-refractivity contribution in [3.8, 4) is 0 Å². The number of nitrogen functional groups attached to an aromatic ring is 1. The molecule has 1 aromatic carbocycles. The van der Waals surface area contributed by atoms with Crippen molar-refractivity contribution in [3.05, 3.63) is 22.2 Å². The third-order valence-corrected chi connectivity index (χ3v) is 3.85. The molecule has 0 aliphatic rings. The number of anilines is 1. The second-order valence-corrected chi connectivity index (χ2v) is 5.51. The van der Waals surface area contributed by atoms with E-state index in [9.17, 15) is 0 Å². The van der Waals surface area contributed by atoms with Crippen LogP contribution in [0.3, 0.4) is 0 Å². The molecule has 0 bridgehead atoms. The topological polar surface area (TPSA) is 53.1 Å². The van der Waals surface area contributed by atoms with Crippen molar-refractivity contribution in [3.63, 3.8) is 0 Å². The van der Waals surface area contributed by atoms with Crippen LogP contribution in [0.2, 0.25) is 10.0 Å². The Kier molecular flexibility index (Phi) is 5.52. The van der Waals surface area contributed by atoms with Crippen molar-refractivity contribution in [2.75, 3.05) is 18.9 Å². The number of fused-ring (bicyclic) bond motifs is 1. The Balaban J connectivity index is 2.02. The minimum absolute atomic E-state index is 0.479. The number of unbranched alkanes of at least 4 members (excludes halogenated alkanes) is 1. The summed E-state index contributed by atoms with van der Waals surface area (Å²) in [6.45, 7) is 4.45. The summed E-state index contributed by atoms with van der Waals surface area (Å²) in [6.07, 6.45) is 3.14. The molecule has 2 rings (SSSR count). The van der Waals surface area contributed by atoms with Crippen LogP contribution in [0.1, 0.15) is 26.2 Å². The minimum Gasteiger partial charge on any atom is -0.381 e. The quantitative estimate of drug-likeness (QED) is 0.781. The van der Waals surface area contributed by atoms with Crippen molar-refractivity contribution in [2.24, 2.45) is 0 Å². The molecule has 0 aliphatic carbocycles. The van der Waals surface area contributed by atoms with Crippen LogP contribution in [-0.2, 0) is 11.3 Å². The molecule has 0 saturated heterocycles. The van der Waals surface area contributed by atoms with E-state index in [0.717, 1.165) is 50.1 Å². The summed E-state index contributed by atoms with van der Waals surface area (Å²) >= 11 is 12.0. The minimum atomic E-state index is 0.479. The molecule has 0 radical (unpaired) electrons. The van der Waals surface area contributed by atoms with E-state index >= 15 is 0 Å². The van der Waals surface area contributed by atoms with Crippen molar-refractivity contribution in [2.45, 2.75) is 32.7 Å². The fraction of sp³-hybridized carbons (Fsp3) is 0.500. The first-order valence-electron chi connectivity index (χ1n) is 6.82. The highest BCUT2D eigenvalue weighted by Gasteiger charge is 2.10. The number of nitrogens with two attached hydrogens (primary N) is 1. The van der Waals surface area contributed by atoms with Crippen LogP contribution in [0.15, 0.2) is 12.1 Å². The second-order valence-electron chi connectivity index (χ2n) is 4.70. The van der Waals surface area contributed by atoms with Crippen molar-refractivity contribution >= 4 is 40.2 Å². The Morgan fingerprint density at radius 1 is 1.20 bits per heavy atom. The predicted octanol–water partition coefficient (Wildman–Crippen LogP) is 4.13. The zero-order valence-electron chi connectivity index (χ0n) is 11.5. The molecule has 0 atom stereocenters. The van der Waals surface area contributed by atoms with Gasteiger partial charge in [0, 0.05) is 19.8 Å². The van der Waals surface area contributed by atoms with E-state index in [0.29, 0.717) is 16.0 Å². The van der Waals surface area contributed by atoms with Gasteiger partial charge in [0.25, 0.3) is 0 Å². The van der Waals surface area contributed by atoms with Crippen LogP contribution < -0.4 is 5.73 Å². The van der Waals surface area contributed by atoms with Gasteiger partial charge in [0.05, 0.1) is 21.1 Å². The molecule has 0 unspecified atom stereocenters. The van der Waals surface area contributed by atoms with Crippen molar-refractivity contribution < 1.29 is 4.74 Å². The first-order valence-corrected chi connectivity index (χ1v) is 7.57. The molecule has 0 fully saturated rings. The number of nitrogens with zero attached hydrogens (tertiary/aromatic N) is 2. The van der Waals surface area contributed by atoms with Gasteiger partial charge in [-0.2, -0.15) is 0 Å². The van der Waals surface area contributed by atoms with E-state index in [-0.39, 0.29) is 0 Å². The summed E-state index contributed by atoms with van der Waals surface area (Å²) in [5.74, 6) is 0.479. The number of ether oxygens (including phenoxy) is 1. The number of rotatable bonds is 7. The average Bonchev–Trinajstić information content (AvgIpc) is 2.70. The number of aryl methyl sites for hydroxylation is 1. The molecular formula is C14H19Cl2N3O. The maximum Gasteiger partial charge on any atom is 0.201 e. The molecule has 2 N–H and O–H groups in total. The van der Waals surface area contributed by atoms with E-state index in [1.165, 1.54) is 0 Å². The first kappa shape index (κ1) is 15.4. The summed E-state index contributed by atoms with van der Waals surface area (Å²) < 4.78 is 7.49. The van der Waals surface area contributed by atoms with E-state index in [2.05, 4.69) is 11.9 Å². The van der Waals surface area contributed by atoms with Gasteiger partial charge in [0.2, 0.25) is 5.95 Å². The van der Waals surface area contributed by atoms with E-state index in [4.69, 9.17) is 33.7 Å². The van der Waals surface area contributed by atoms with Crippen LogP contribution in [0.4, 0.5) is 5.95 Å².